The Morgan fingerprint density at radius 1 is 0.746 bits per heavy atom. The molecule has 310 valence electrons. The van der Waals surface area contributed by atoms with Crippen LogP contribution in [0.25, 0.3) is 22.5 Å². The molecule has 1 aliphatic carbocycles. The molecule has 0 radical (unpaired) electrons. The Morgan fingerprint density at radius 3 is 1.92 bits per heavy atom. The monoisotopic (exact) mass is 802 g/mol. The lowest BCUT2D eigenvalue weighted by Crippen LogP contribution is -2.51. The summed E-state index contributed by atoms with van der Waals surface area (Å²) < 4.78 is 9.55. The lowest BCUT2D eigenvalue weighted by Gasteiger charge is -2.30. The fourth-order valence-electron chi connectivity index (χ4n) is 8.48. The molecule has 0 spiro atoms. The van der Waals surface area contributed by atoms with Gasteiger partial charge in [-0.25, -0.2) is 19.6 Å². The summed E-state index contributed by atoms with van der Waals surface area (Å²) in [6.45, 7) is 8.83. The van der Waals surface area contributed by atoms with Crippen molar-refractivity contribution in [3.63, 3.8) is 0 Å². The van der Waals surface area contributed by atoms with Crippen LogP contribution in [-0.4, -0.2) is 93.1 Å². The molecular weight excluding hydrogens is 749 g/mol. The highest BCUT2D eigenvalue weighted by Crippen LogP contribution is 2.37. The minimum absolute atomic E-state index is 0.103. The quantitative estimate of drug-likeness (QED) is 0.140. The summed E-state index contributed by atoms with van der Waals surface area (Å²) in [6, 6.07) is 12.6. The van der Waals surface area contributed by atoms with E-state index in [9.17, 15) is 19.2 Å². The number of aromatic nitrogens is 4. The number of hydrogen-bond acceptors (Lipinski definition) is 8. The summed E-state index contributed by atoms with van der Waals surface area (Å²) in [5.41, 5.74) is 7.94. The maximum absolute atomic E-state index is 13.7. The molecule has 3 aliphatic rings. The minimum Gasteiger partial charge on any atom is -0.453 e. The Bertz CT molecular complexity index is 2250. The van der Waals surface area contributed by atoms with Crippen molar-refractivity contribution in [3.05, 3.63) is 82.7 Å². The first-order valence-electron chi connectivity index (χ1n) is 20.6. The van der Waals surface area contributed by atoms with Crippen LogP contribution >= 0.6 is 0 Å². The lowest BCUT2D eigenvalue weighted by atomic mass is 9.99. The third-order valence-corrected chi connectivity index (χ3v) is 11.7. The number of nitrogens with zero attached hydrogens (tertiary/aromatic N) is 4. The van der Waals surface area contributed by atoms with E-state index in [1.807, 2.05) is 62.9 Å². The third kappa shape index (κ3) is 8.84. The fraction of sp³-hybridized carbons (Fsp3) is 0.467. The molecule has 0 unspecified atom stereocenters. The van der Waals surface area contributed by atoms with Gasteiger partial charge in [0.25, 0.3) is 0 Å². The van der Waals surface area contributed by atoms with E-state index in [0.717, 1.165) is 95.9 Å². The third-order valence-electron chi connectivity index (χ3n) is 11.7. The van der Waals surface area contributed by atoms with E-state index in [1.54, 1.807) is 11.1 Å². The molecule has 2 fully saturated rings. The Hall–Kier alpha value is -6.10. The van der Waals surface area contributed by atoms with E-state index in [0.29, 0.717) is 13.1 Å². The number of methoxy groups -OCH3 is 2. The van der Waals surface area contributed by atoms with Crippen LogP contribution in [0.5, 0.6) is 0 Å². The van der Waals surface area contributed by atoms with E-state index in [4.69, 9.17) is 14.5 Å². The van der Waals surface area contributed by atoms with Gasteiger partial charge in [0.05, 0.1) is 49.6 Å². The van der Waals surface area contributed by atoms with E-state index >= 15 is 0 Å². The van der Waals surface area contributed by atoms with Crippen molar-refractivity contribution in [1.29, 1.82) is 0 Å². The Balaban J connectivity index is 1.03. The molecule has 14 heteroatoms. The fourth-order valence-corrected chi connectivity index (χ4v) is 8.48. The second-order valence-electron chi connectivity index (χ2n) is 16.3. The van der Waals surface area contributed by atoms with E-state index in [1.165, 1.54) is 19.8 Å². The number of amides is 4. The summed E-state index contributed by atoms with van der Waals surface area (Å²) in [5.74, 6) is 7.72. The minimum atomic E-state index is -0.689. The number of carbonyl (C=O) groups excluding carboxylic acids is 4. The van der Waals surface area contributed by atoms with Gasteiger partial charge in [-0.1, -0.05) is 57.7 Å². The number of hydrogen-bond donors (Lipinski definition) is 4. The number of aromatic amines is 2. The molecule has 2 aliphatic heterocycles. The number of H-pyrrole nitrogens is 2. The predicted molar refractivity (Wildman–Crippen MR) is 222 cm³/mol. The number of benzene rings is 2. The van der Waals surface area contributed by atoms with Crippen molar-refractivity contribution in [2.24, 2.45) is 11.8 Å². The van der Waals surface area contributed by atoms with Gasteiger partial charge in [-0.3, -0.25) is 9.59 Å². The average Bonchev–Trinajstić information content (AvgIpc) is 4.07. The number of likely N-dealkylation sites (tertiary alicyclic amines) is 2. The Labute approximate surface area is 345 Å². The van der Waals surface area contributed by atoms with Gasteiger partial charge in [0, 0.05) is 29.8 Å². The van der Waals surface area contributed by atoms with Gasteiger partial charge in [0.2, 0.25) is 11.8 Å². The van der Waals surface area contributed by atoms with Gasteiger partial charge in [0.15, 0.2) is 0 Å². The highest BCUT2D eigenvalue weighted by atomic mass is 16.5. The summed E-state index contributed by atoms with van der Waals surface area (Å²) in [4.78, 5) is 71.7. The molecule has 7 rings (SSSR count). The zero-order valence-electron chi connectivity index (χ0n) is 34.7. The number of imidazole rings is 2. The van der Waals surface area contributed by atoms with Gasteiger partial charge >= 0.3 is 12.2 Å². The largest absolute Gasteiger partial charge is 0.453 e. The van der Waals surface area contributed by atoms with Gasteiger partial charge in [-0.05, 0) is 92.2 Å². The molecule has 59 heavy (non-hydrogen) atoms. The number of ether oxygens (including phenoxy) is 2. The number of nitrogens with one attached hydrogen (secondary N) is 4. The van der Waals surface area contributed by atoms with Crippen LogP contribution in [0.3, 0.4) is 0 Å². The predicted octanol–water partition coefficient (Wildman–Crippen LogP) is 6.44. The maximum Gasteiger partial charge on any atom is 0.407 e. The van der Waals surface area contributed by atoms with Crippen LogP contribution in [0.4, 0.5) is 9.59 Å². The summed E-state index contributed by atoms with van der Waals surface area (Å²) in [7, 11) is 2.59. The molecule has 4 atom stereocenters. The molecule has 0 saturated carbocycles. The molecule has 4 N–H and O–H groups in total. The molecule has 2 saturated heterocycles. The number of aryl methyl sites for hydroxylation is 2. The molecule has 0 bridgehead atoms. The van der Waals surface area contributed by atoms with Crippen LogP contribution in [0, 0.1) is 23.7 Å². The molecule has 14 nitrogen and oxygen atoms in total. The van der Waals surface area contributed by atoms with Gasteiger partial charge in [-0.2, -0.15) is 0 Å². The Morgan fingerprint density at radius 2 is 1.32 bits per heavy atom. The first kappa shape index (κ1) is 41.1. The molecule has 2 aromatic heterocycles. The van der Waals surface area contributed by atoms with Crippen molar-refractivity contribution in [2.75, 3.05) is 27.3 Å². The molecule has 2 aromatic carbocycles. The molecule has 4 aromatic rings. The van der Waals surface area contributed by atoms with E-state index < -0.39 is 24.3 Å². The van der Waals surface area contributed by atoms with E-state index in [-0.39, 0.29) is 35.7 Å². The number of carbonyl (C=O) groups is 4. The second kappa shape index (κ2) is 17.8. The van der Waals surface area contributed by atoms with Crippen molar-refractivity contribution in [2.45, 2.75) is 96.8 Å². The topological polar surface area (TPSA) is 175 Å². The zero-order chi connectivity index (χ0) is 41.8. The Kier molecular flexibility index (Phi) is 12.4. The molecule has 4 amide bonds. The van der Waals surface area contributed by atoms with Crippen molar-refractivity contribution >= 4 is 24.0 Å². The molecular formula is C45H54N8O6. The number of alkyl carbamates (subject to hydrolysis) is 2. The number of rotatable bonds is 9. The van der Waals surface area contributed by atoms with Crippen LogP contribution in [-0.2, 0) is 31.9 Å². The van der Waals surface area contributed by atoms with Crippen molar-refractivity contribution in [1.82, 2.24) is 40.4 Å². The first-order valence-corrected chi connectivity index (χ1v) is 20.6. The van der Waals surface area contributed by atoms with Gasteiger partial charge in [-0.15, -0.1) is 0 Å². The zero-order valence-corrected chi connectivity index (χ0v) is 34.7. The van der Waals surface area contributed by atoms with Crippen LogP contribution in [0.1, 0.15) is 106 Å². The van der Waals surface area contributed by atoms with Crippen molar-refractivity contribution in [3.8, 4) is 34.4 Å². The maximum atomic E-state index is 13.7. The SMILES string of the molecule is COC(=O)N[C@H](C(=O)N1CCC[C@H]1c1ncc(-c2ccc(C#Cc3ccc4c(c3)CCCc3nc([C@@H]5CCCN5C(=O)[C@@H](NC(=O)OC)C(C)C)[nH]c3-4)cc2)[nH]1)C(C)C. The highest BCUT2D eigenvalue weighted by molar-refractivity contribution is 5.87. The van der Waals surface area contributed by atoms with Crippen molar-refractivity contribution < 1.29 is 28.7 Å². The van der Waals surface area contributed by atoms with Gasteiger partial charge < -0.3 is 39.9 Å². The van der Waals surface area contributed by atoms with Crippen LogP contribution in [0.2, 0.25) is 0 Å². The lowest BCUT2D eigenvalue weighted by molar-refractivity contribution is -0.136. The number of fused-ring (bicyclic) bond motifs is 3. The molecule has 4 heterocycles. The average molecular weight is 803 g/mol. The normalized spacial score (nSPS) is 18.3. The standard InChI is InChI=1S/C45H54N8O6/c1-26(2)37(50-44(56)58-5)42(54)52-22-8-12-35(52)40-46-25-34(48-40)30-19-16-28(17-20-30)14-15-29-18-21-32-31(24-29)10-7-11-33-39(32)49-41(47-33)36-13-9-23-53(36)43(55)38(27(3)4)51-45(57)59-6/h16-21,24-27,35-38H,7-13,22-23H2,1-6H3,(H,46,48)(H,47,49)(H,50,56)(H,51,57)/t35-,36-,37-,38-/m0/s1. The summed E-state index contributed by atoms with van der Waals surface area (Å²) in [5, 5.41) is 5.42. The van der Waals surface area contributed by atoms with Gasteiger partial charge in [0.1, 0.15) is 23.7 Å². The highest BCUT2D eigenvalue weighted by Gasteiger charge is 2.39. The van der Waals surface area contributed by atoms with E-state index in [2.05, 4.69) is 49.6 Å². The smallest absolute Gasteiger partial charge is 0.407 e. The summed E-state index contributed by atoms with van der Waals surface area (Å²) in [6.07, 6.45) is 6.52. The van der Waals surface area contributed by atoms with Crippen LogP contribution < -0.4 is 10.6 Å². The summed E-state index contributed by atoms with van der Waals surface area (Å²) >= 11 is 0. The van der Waals surface area contributed by atoms with Crippen LogP contribution in [0.15, 0.2) is 48.7 Å². The first-order chi connectivity index (χ1) is 28.4. The second-order valence-corrected chi connectivity index (χ2v) is 16.3.